The molecule has 2 heterocycles. The van der Waals surface area contributed by atoms with Gasteiger partial charge in [0.1, 0.15) is 5.52 Å². The highest BCUT2D eigenvalue weighted by atomic mass is 16.6. The summed E-state index contributed by atoms with van der Waals surface area (Å²) in [5, 5.41) is 15.3. The predicted octanol–water partition coefficient (Wildman–Crippen LogP) is 2.51. The molecule has 3 rings (SSSR count). The first-order valence-electron chi connectivity index (χ1n) is 7.09. The predicted molar refractivity (Wildman–Crippen MR) is 82.5 cm³/mol. The van der Waals surface area contributed by atoms with Crippen LogP contribution >= 0.6 is 0 Å². The van der Waals surface area contributed by atoms with E-state index in [4.69, 9.17) is 0 Å². The molecule has 1 aliphatic rings. The number of nitro benzene ring substituents is 1. The number of nitro groups is 1. The maximum absolute atomic E-state index is 11.1. The van der Waals surface area contributed by atoms with E-state index in [9.17, 15) is 10.1 Å². The molecule has 0 bridgehead atoms. The normalized spacial score (nSPS) is 19.0. The molecule has 110 valence electrons. The smallest absolute Gasteiger partial charge is 0.295 e. The molecule has 1 saturated heterocycles. The Bertz CT molecular complexity index is 674. The molecule has 2 aromatic rings. The van der Waals surface area contributed by atoms with Gasteiger partial charge in [0.15, 0.2) is 0 Å². The van der Waals surface area contributed by atoms with Crippen molar-refractivity contribution in [2.75, 3.05) is 32.0 Å². The van der Waals surface area contributed by atoms with Crippen LogP contribution in [0, 0.1) is 16.0 Å². The number of pyridine rings is 1. The molecular formula is C15H18N4O2. The lowest BCUT2D eigenvalue weighted by atomic mass is 10.1. The van der Waals surface area contributed by atoms with Crippen LogP contribution in [0.1, 0.15) is 6.42 Å². The number of likely N-dealkylation sites (tertiary alicyclic amines) is 1. The molecule has 0 spiro atoms. The number of nitrogens with one attached hydrogen (secondary N) is 1. The van der Waals surface area contributed by atoms with Gasteiger partial charge in [-0.1, -0.05) is 0 Å². The molecule has 6 heteroatoms. The van der Waals surface area contributed by atoms with Crippen LogP contribution in [0.3, 0.4) is 0 Å². The Balaban J connectivity index is 1.86. The second-order valence-electron chi connectivity index (χ2n) is 5.59. The number of rotatable bonds is 4. The summed E-state index contributed by atoms with van der Waals surface area (Å²) >= 11 is 0. The lowest BCUT2D eigenvalue weighted by Crippen LogP contribution is -2.19. The van der Waals surface area contributed by atoms with Crippen molar-refractivity contribution in [2.45, 2.75) is 6.42 Å². The van der Waals surface area contributed by atoms with Gasteiger partial charge in [0.2, 0.25) is 0 Å². The largest absolute Gasteiger partial charge is 0.384 e. The molecular weight excluding hydrogens is 268 g/mol. The zero-order valence-electron chi connectivity index (χ0n) is 12.0. The number of aromatic nitrogens is 1. The lowest BCUT2D eigenvalue weighted by Gasteiger charge is -2.14. The summed E-state index contributed by atoms with van der Waals surface area (Å²) in [4.78, 5) is 17.2. The average Bonchev–Trinajstić information content (AvgIpc) is 2.90. The third kappa shape index (κ3) is 2.80. The SMILES string of the molecule is CN1CCC(CNc2ccc([N+](=O)[O-])c3ncccc23)C1. The zero-order chi connectivity index (χ0) is 14.8. The molecule has 1 aromatic carbocycles. The maximum atomic E-state index is 11.1. The first kappa shape index (κ1) is 13.8. The number of anilines is 1. The Morgan fingerprint density at radius 3 is 3.05 bits per heavy atom. The third-order valence-electron chi connectivity index (χ3n) is 4.02. The van der Waals surface area contributed by atoms with Crippen molar-refractivity contribution in [3.63, 3.8) is 0 Å². The highest BCUT2D eigenvalue weighted by Gasteiger charge is 2.20. The van der Waals surface area contributed by atoms with E-state index in [-0.39, 0.29) is 10.6 Å². The number of non-ortho nitro benzene ring substituents is 1. The van der Waals surface area contributed by atoms with Crippen LogP contribution in [0.5, 0.6) is 0 Å². The van der Waals surface area contributed by atoms with Crippen molar-refractivity contribution in [2.24, 2.45) is 5.92 Å². The van der Waals surface area contributed by atoms with Gasteiger partial charge in [-0.25, -0.2) is 4.98 Å². The van der Waals surface area contributed by atoms with Gasteiger partial charge < -0.3 is 10.2 Å². The Morgan fingerprint density at radius 2 is 2.33 bits per heavy atom. The van der Waals surface area contributed by atoms with Crippen molar-refractivity contribution in [3.05, 3.63) is 40.6 Å². The van der Waals surface area contributed by atoms with E-state index in [0.717, 1.165) is 30.7 Å². The summed E-state index contributed by atoms with van der Waals surface area (Å²) in [5.41, 5.74) is 1.41. The molecule has 21 heavy (non-hydrogen) atoms. The summed E-state index contributed by atoms with van der Waals surface area (Å²) in [6, 6.07) is 6.98. The zero-order valence-corrected chi connectivity index (χ0v) is 12.0. The third-order valence-corrected chi connectivity index (χ3v) is 4.02. The standard InChI is InChI=1S/C15H18N4O2/c1-18-8-6-11(10-18)9-17-13-4-5-14(19(20)21)15-12(13)3-2-7-16-15/h2-5,7,11,17H,6,8-10H2,1H3. The molecule has 0 aliphatic carbocycles. The van der Waals surface area contributed by atoms with Gasteiger partial charge in [-0.15, -0.1) is 0 Å². The van der Waals surface area contributed by atoms with Gasteiger partial charge in [0.25, 0.3) is 5.69 Å². The van der Waals surface area contributed by atoms with Gasteiger partial charge in [-0.2, -0.15) is 0 Å². The van der Waals surface area contributed by atoms with Crippen molar-refractivity contribution in [1.29, 1.82) is 0 Å². The van der Waals surface area contributed by atoms with Crippen LogP contribution in [0.15, 0.2) is 30.5 Å². The first-order chi connectivity index (χ1) is 10.1. The minimum absolute atomic E-state index is 0.0525. The fraction of sp³-hybridized carbons (Fsp3) is 0.400. The van der Waals surface area contributed by atoms with Crippen LogP contribution in [-0.2, 0) is 0 Å². The van der Waals surface area contributed by atoms with Crippen LogP contribution < -0.4 is 5.32 Å². The molecule has 1 unspecified atom stereocenters. The molecule has 1 fully saturated rings. The first-order valence-corrected chi connectivity index (χ1v) is 7.09. The molecule has 1 atom stereocenters. The minimum atomic E-state index is -0.384. The van der Waals surface area contributed by atoms with Crippen molar-refractivity contribution < 1.29 is 4.92 Å². The molecule has 1 aliphatic heterocycles. The van der Waals surface area contributed by atoms with E-state index in [0.29, 0.717) is 11.4 Å². The van der Waals surface area contributed by atoms with Gasteiger partial charge >= 0.3 is 0 Å². The lowest BCUT2D eigenvalue weighted by molar-refractivity contribution is -0.383. The summed E-state index contributed by atoms with van der Waals surface area (Å²) in [6.45, 7) is 3.11. The summed E-state index contributed by atoms with van der Waals surface area (Å²) in [7, 11) is 2.13. The Hall–Kier alpha value is -2.21. The summed E-state index contributed by atoms with van der Waals surface area (Å²) in [5.74, 6) is 0.622. The second-order valence-corrected chi connectivity index (χ2v) is 5.59. The number of benzene rings is 1. The quantitative estimate of drug-likeness (QED) is 0.690. The monoisotopic (exact) mass is 286 g/mol. The van der Waals surface area contributed by atoms with Gasteiger partial charge in [-0.3, -0.25) is 10.1 Å². The molecule has 1 N–H and O–H groups in total. The second kappa shape index (κ2) is 5.65. The number of fused-ring (bicyclic) bond motifs is 1. The Kier molecular flexibility index (Phi) is 3.70. The Morgan fingerprint density at radius 1 is 1.48 bits per heavy atom. The summed E-state index contributed by atoms with van der Waals surface area (Å²) in [6.07, 6.45) is 2.78. The highest BCUT2D eigenvalue weighted by molar-refractivity contribution is 5.96. The van der Waals surface area contributed by atoms with E-state index in [1.54, 1.807) is 18.3 Å². The van der Waals surface area contributed by atoms with Crippen LogP contribution in [0.2, 0.25) is 0 Å². The van der Waals surface area contributed by atoms with E-state index in [1.165, 1.54) is 12.5 Å². The van der Waals surface area contributed by atoms with Gasteiger partial charge in [0.05, 0.1) is 4.92 Å². The highest BCUT2D eigenvalue weighted by Crippen LogP contribution is 2.30. The molecule has 0 amide bonds. The van der Waals surface area contributed by atoms with Gasteiger partial charge in [-0.05, 0) is 44.1 Å². The average molecular weight is 286 g/mol. The molecule has 0 radical (unpaired) electrons. The van der Waals surface area contributed by atoms with Crippen molar-refractivity contribution in [1.82, 2.24) is 9.88 Å². The van der Waals surface area contributed by atoms with Crippen molar-refractivity contribution in [3.8, 4) is 0 Å². The van der Waals surface area contributed by atoms with Crippen molar-refractivity contribution >= 4 is 22.3 Å². The number of hydrogen-bond acceptors (Lipinski definition) is 5. The van der Waals surface area contributed by atoms with Crippen LogP contribution in [0.4, 0.5) is 11.4 Å². The number of nitrogens with zero attached hydrogens (tertiary/aromatic N) is 3. The van der Waals surface area contributed by atoms with Crippen LogP contribution in [-0.4, -0.2) is 41.5 Å². The summed E-state index contributed by atoms with van der Waals surface area (Å²) < 4.78 is 0. The van der Waals surface area contributed by atoms with E-state index in [2.05, 4.69) is 22.2 Å². The van der Waals surface area contributed by atoms with Crippen LogP contribution in [0.25, 0.3) is 10.9 Å². The fourth-order valence-corrected chi connectivity index (χ4v) is 2.91. The maximum Gasteiger partial charge on any atom is 0.295 e. The molecule has 1 aromatic heterocycles. The molecule has 0 saturated carbocycles. The number of hydrogen-bond donors (Lipinski definition) is 1. The Labute approximate surface area is 122 Å². The van der Waals surface area contributed by atoms with Gasteiger partial charge in [0, 0.05) is 36.4 Å². The molecule has 6 nitrogen and oxygen atoms in total. The fourth-order valence-electron chi connectivity index (χ4n) is 2.91. The van der Waals surface area contributed by atoms with E-state index >= 15 is 0 Å². The van der Waals surface area contributed by atoms with E-state index in [1.807, 2.05) is 6.07 Å². The topological polar surface area (TPSA) is 71.3 Å². The van der Waals surface area contributed by atoms with E-state index < -0.39 is 0 Å². The minimum Gasteiger partial charge on any atom is -0.384 e.